The van der Waals surface area contributed by atoms with Crippen molar-refractivity contribution >= 4 is 44.0 Å². The van der Waals surface area contributed by atoms with Crippen molar-refractivity contribution in [3.8, 4) is 0 Å². The second-order valence-electron chi connectivity index (χ2n) is 7.29. The Balaban J connectivity index is 1.44. The van der Waals surface area contributed by atoms with Crippen molar-refractivity contribution in [2.24, 2.45) is 5.92 Å². The molecule has 0 saturated carbocycles. The van der Waals surface area contributed by atoms with Crippen LogP contribution < -0.4 is 10.2 Å². The maximum absolute atomic E-state index is 12.6. The summed E-state index contributed by atoms with van der Waals surface area (Å²) in [6.45, 7) is 3.20. The van der Waals surface area contributed by atoms with Crippen molar-refractivity contribution in [2.75, 3.05) is 29.9 Å². The maximum atomic E-state index is 12.6. The van der Waals surface area contributed by atoms with Crippen molar-refractivity contribution < 1.29 is 18.0 Å². The molecule has 0 unspecified atom stereocenters. The average Bonchev–Trinajstić information content (AvgIpc) is 3.43. The molecule has 2 saturated heterocycles. The summed E-state index contributed by atoms with van der Waals surface area (Å²) in [4.78, 5) is 30.9. The molecular weight excluding hydrogens is 412 g/mol. The third-order valence-electron chi connectivity index (χ3n) is 5.20. The van der Waals surface area contributed by atoms with Crippen LogP contribution >= 0.6 is 11.3 Å². The lowest BCUT2D eigenvalue weighted by molar-refractivity contribution is -0.122. The number of nitrogens with zero attached hydrogens (tertiary/aromatic N) is 3. The van der Waals surface area contributed by atoms with Gasteiger partial charge >= 0.3 is 0 Å². The Morgan fingerprint density at radius 3 is 2.52 bits per heavy atom. The van der Waals surface area contributed by atoms with Crippen LogP contribution in [0.25, 0.3) is 0 Å². The molecule has 1 aromatic heterocycles. The van der Waals surface area contributed by atoms with Crippen LogP contribution in [0.4, 0.5) is 10.8 Å². The van der Waals surface area contributed by atoms with Crippen LogP contribution in [-0.4, -0.2) is 49.2 Å². The minimum Gasteiger partial charge on any atom is -0.312 e. The molecule has 2 aromatic rings. The number of carbonyl (C=O) groups excluding carboxylic acids is 2. The Kier molecular flexibility index (Phi) is 5.41. The zero-order valence-corrected chi connectivity index (χ0v) is 17.6. The van der Waals surface area contributed by atoms with Crippen molar-refractivity contribution in [1.29, 1.82) is 0 Å². The van der Waals surface area contributed by atoms with Gasteiger partial charge in [0.1, 0.15) is 0 Å². The molecule has 1 atom stereocenters. The number of aromatic nitrogens is 1. The lowest BCUT2D eigenvalue weighted by Crippen LogP contribution is -2.29. The summed E-state index contributed by atoms with van der Waals surface area (Å²) in [5, 5.41) is 5.13. The van der Waals surface area contributed by atoms with Gasteiger partial charge in [-0.15, -0.1) is 11.3 Å². The molecule has 0 aliphatic carbocycles. The van der Waals surface area contributed by atoms with Gasteiger partial charge in [0.15, 0.2) is 5.13 Å². The molecule has 154 valence electrons. The number of thiazole rings is 1. The Labute approximate surface area is 173 Å². The smallest absolute Gasteiger partial charge is 0.243 e. The van der Waals surface area contributed by atoms with Gasteiger partial charge in [0.25, 0.3) is 0 Å². The molecule has 10 heteroatoms. The van der Waals surface area contributed by atoms with Gasteiger partial charge < -0.3 is 10.2 Å². The monoisotopic (exact) mass is 434 g/mol. The molecule has 29 heavy (non-hydrogen) atoms. The number of anilines is 2. The normalized spacial score (nSPS) is 20.4. The van der Waals surface area contributed by atoms with Gasteiger partial charge in [-0.2, -0.15) is 4.31 Å². The van der Waals surface area contributed by atoms with E-state index in [-0.39, 0.29) is 29.7 Å². The number of hydrogen-bond acceptors (Lipinski definition) is 6. The zero-order valence-electron chi connectivity index (χ0n) is 16.0. The predicted octanol–water partition coefficient (Wildman–Crippen LogP) is 2.23. The number of rotatable bonds is 5. The summed E-state index contributed by atoms with van der Waals surface area (Å²) in [6.07, 6.45) is 1.87. The Morgan fingerprint density at radius 1 is 1.21 bits per heavy atom. The van der Waals surface area contributed by atoms with Crippen LogP contribution in [-0.2, 0) is 19.6 Å². The second kappa shape index (κ2) is 7.85. The first kappa shape index (κ1) is 20.0. The van der Waals surface area contributed by atoms with E-state index >= 15 is 0 Å². The highest BCUT2D eigenvalue weighted by Crippen LogP contribution is 2.29. The third-order valence-corrected chi connectivity index (χ3v) is 7.98. The number of benzene rings is 1. The van der Waals surface area contributed by atoms with Gasteiger partial charge in [-0.05, 0) is 44.0 Å². The van der Waals surface area contributed by atoms with Crippen molar-refractivity contribution in [1.82, 2.24) is 9.29 Å². The molecule has 0 spiro atoms. The van der Waals surface area contributed by atoms with Crippen molar-refractivity contribution in [3.05, 3.63) is 35.3 Å². The first-order valence-electron chi connectivity index (χ1n) is 9.48. The minimum atomic E-state index is -3.49. The number of carbonyl (C=O) groups is 2. The highest BCUT2D eigenvalue weighted by atomic mass is 32.2. The van der Waals surface area contributed by atoms with Crippen LogP contribution in [0.15, 0.2) is 34.5 Å². The van der Waals surface area contributed by atoms with Crippen LogP contribution in [0.1, 0.15) is 25.0 Å². The average molecular weight is 435 g/mol. The molecule has 0 bridgehead atoms. The van der Waals surface area contributed by atoms with Gasteiger partial charge in [-0.1, -0.05) is 0 Å². The molecule has 1 aromatic carbocycles. The van der Waals surface area contributed by atoms with E-state index in [4.69, 9.17) is 0 Å². The summed E-state index contributed by atoms with van der Waals surface area (Å²) in [5.41, 5.74) is 1.43. The molecule has 2 aliphatic rings. The molecule has 2 amide bonds. The molecule has 0 radical (unpaired) electrons. The van der Waals surface area contributed by atoms with E-state index in [1.807, 2.05) is 12.3 Å². The molecule has 2 fully saturated rings. The van der Waals surface area contributed by atoms with Crippen LogP contribution in [0, 0.1) is 12.8 Å². The molecule has 1 N–H and O–H groups in total. The minimum absolute atomic E-state index is 0.115. The SMILES string of the molecule is Cc1csc(NC(=O)[C@H]2CC(=O)N(c3ccc(S(=O)(=O)N4CCCC4)cc3)C2)n1. The molecule has 4 rings (SSSR count). The van der Waals surface area contributed by atoms with Gasteiger partial charge in [0, 0.05) is 37.1 Å². The van der Waals surface area contributed by atoms with Gasteiger partial charge in [0.2, 0.25) is 21.8 Å². The maximum Gasteiger partial charge on any atom is 0.243 e. The summed E-state index contributed by atoms with van der Waals surface area (Å²) >= 11 is 1.35. The highest BCUT2D eigenvalue weighted by Gasteiger charge is 2.36. The summed E-state index contributed by atoms with van der Waals surface area (Å²) in [5.74, 6) is -0.862. The summed E-state index contributed by atoms with van der Waals surface area (Å²) in [7, 11) is -3.49. The number of sulfonamides is 1. The van der Waals surface area contributed by atoms with E-state index in [0.717, 1.165) is 18.5 Å². The van der Waals surface area contributed by atoms with Gasteiger partial charge in [-0.3, -0.25) is 9.59 Å². The first-order valence-corrected chi connectivity index (χ1v) is 11.8. The van der Waals surface area contributed by atoms with E-state index in [1.54, 1.807) is 12.1 Å². The number of nitrogens with one attached hydrogen (secondary N) is 1. The van der Waals surface area contributed by atoms with E-state index < -0.39 is 15.9 Å². The Hall–Kier alpha value is -2.30. The predicted molar refractivity (Wildman–Crippen MR) is 110 cm³/mol. The van der Waals surface area contributed by atoms with Crippen LogP contribution in [0.3, 0.4) is 0 Å². The fourth-order valence-corrected chi connectivity index (χ4v) is 5.84. The quantitative estimate of drug-likeness (QED) is 0.778. The molecule has 2 aliphatic heterocycles. The Morgan fingerprint density at radius 2 is 1.90 bits per heavy atom. The molecule has 3 heterocycles. The fraction of sp³-hybridized carbons (Fsp3) is 0.421. The zero-order chi connectivity index (χ0) is 20.6. The summed E-state index contributed by atoms with van der Waals surface area (Å²) in [6, 6.07) is 6.32. The van der Waals surface area contributed by atoms with Crippen molar-refractivity contribution in [3.63, 3.8) is 0 Å². The van der Waals surface area contributed by atoms with Gasteiger partial charge in [-0.25, -0.2) is 13.4 Å². The number of aryl methyl sites for hydroxylation is 1. The number of amides is 2. The molecule has 8 nitrogen and oxygen atoms in total. The second-order valence-corrected chi connectivity index (χ2v) is 10.1. The lowest BCUT2D eigenvalue weighted by atomic mass is 10.1. The topological polar surface area (TPSA) is 99.7 Å². The standard InChI is InChI=1S/C19H22N4O4S2/c1-13-12-28-19(20-13)21-18(25)14-10-17(24)23(11-14)15-4-6-16(7-5-15)29(26,27)22-8-2-3-9-22/h4-7,12,14H,2-3,8-11H2,1H3,(H,20,21,25)/t14-/m0/s1. The van der Waals surface area contributed by atoms with Crippen LogP contribution in [0.2, 0.25) is 0 Å². The summed E-state index contributed by atoms with van der Waals surface area (Å²) < 4.78 is 26.8. The lowest BCUT2D eigenvalue weighted by Gasteiger charge is -2.19. The highest BCUT2D eigenvalue weighted by molar-refractivity contribution is 7.89. The largest absolute Gasteiger partial charge is 0.312 e. The first-order chi connectivity index (χ1) is 13.8. The van der Waals surface area contributed by atoms with E-state index in [9.17, 15) is 18.0 Å². The molecular formula is C19H22N4O4S2. The van der Waals surface area contributed by atoms with E-state index in [1.165, 1.54) is 32.7 Å². The Bertz CT molecular complexity index is 1030. The van der Waals surface area contributed by atoms with E-state index in [0.29, 0.717) is 23.9 Å². The van der Waals surface area contributed by atoms with Crippen molar-refractivity contribution in [2.45, 2.75) is 31.1 Å². The fourth-order valence-electron chi connectivity index (χ4n) is 3.63. The van der Waals surface area contributed by atoms with Crippen LogP contribution in [0.5, 0.6) is 0 Å². The van der Waals surface area contributed by atoms with E-state index in [2.05, 4.69) is 10.3 Å². The third kappa shape index (κ3) is 4.05. The van der Waals surface area contributed by atoms with Gasteiger partial charge in [0.05, 0.1) is 16.5 Å². The number of hydrogen-bond donors (Lipinski definition) is 1.